The number of aromatic nitrogens is 3. The van der Waals surface area contributed by atoms with Gasteiger partial charge >= 0.3 is 0 Å². The highest BCUT2D eigenvalue weighted by Gasteiger charge is 2.26. The van der Waals surface area contributed by atoms with Crippen LogP contribution in [-0.2, 0) is 22.7 Å². The molecule has 0 saturated carbocycles. The Labute approximate surface area is 207 Å². The van der Waals surface area contributed by atoms with Crippen molar-refractivity contribution >= 4 is 39.2 Å². The smallest absolute Gasteiger partial charge is 0.290 e. The molecule has 5 rings (SSSR count). The number of carboxylic acid groups (broad SMARTS) is 1. The molecule has 4 aromatic rings. The van der Waals surface area contributed by atoms with E-state index in [0.717, 1.165) is 75.8 Å². The second-order valence-corrected chi connectivity index (χ2v) is 9.32. The van der Waals surface area contributed by atoms with Gasteiger partial charge in [-0.2, -0.15) is 5.10 Å². The SMILES string of the molecule is COCc1c(-c2cc3cc(C)cc(OC)c3s2)c2c(N)ncnn2c1CN1CCNCC1.O=CO. The molecule has 10 nitrogen and oxygen atoms in total. The van der Waals surface area contributed by atoms with Crippen LogP contribution < -0.4 is 15.8 Å². The van der Waals surface area contributed by atoms with Crippen molar-refractivity contribution in [1.82, 2.24) is 24.8 Å². The minimum Gasteiger partial charge on any atom is -0.495 e. The Kier molecular flexibility index (Phi) is 7.81. The van der Waals surface area contributed by atoms with Crippen molar-refractivity contribution in [3.8, 4) is 16.2 Å². The molecule has 4 heterocycles. The van der Waals surface area contributed by atoms with Gasteiger partial charge in [-0.3, -0.25) is 9.69 Å². The van der Waals surface area contributed by atoms with Crippen molar-refractivity contribution in [2.45, 2.75) is 20.1 Å². The Hall–Kier alpha value is -3.25. The first-order valence-electron chi connectivity index (χ1n) is 11.2. The molecule has 1 aliphatic heterocycles. The van der Waals surface area contributed by atoms with Crippen molar-refractivity contribution < 1.29 is 19.4 Å². The molecular weight excluding hydrogens is 468 g/mol. The first-order valence-corrected chi connectivity index (χ1v) is 12.0. The monoisotopic (exact) mass is 498 g/mol. The van der Waals surface area contributed by atoms with Gasteiger partial charge in [-0.1, -0.05) is 6.07 Å². The van der Waals surface area contributed by atoms with Crippen molar-refractivity contribution in [3.05, 3.63) is 41.3 Å². The van der Waals surface area contributed by atoms with Gasteiger partial charge in [0.25, 0.3) is 6.47 Å². The number of benzene rings is 1. The van der Waals surface area contributed by atoms with Gasteiger partial charge in [0.15, 0.2) is 5.82 Å². The number of hydrogen-bond acceptors (Lipinski definition) is 9. The average Bonchev–Trinajstić information content (AvgIpc) is 3.40. The fourth-order valence-corrected chi connectivity index (χ4v) is 5.77. The molecule has 3 aromatic heterocycles. The summed E-state index contributed by atoms with van der Waals surface area (Å²) in [6.07, 6.45) is 1.53. The largest absolute Gasteiger partial charge is 0.495 e. The van der Waals surface area contributed by atoms with Crippen LogP contribution in [0.1, 0.15) is 16.8 Å². The number of anilines is 1. The Balaban J connectivity index is 0.000000917. The van der Waals surface area contributed by atoms with Gasteiger partial charge in [0.2, 0.25) is 0 Å². The molecule has 186 valence electrons. The molecule has 0 amide bonds. The van der Waals surface area contributed by atoms with Crippen LogP contribution in [0.3, 0.4) is 0 Å². The molecule has 1 aromatic carbocycles. The number of piperazine rings is 1. The highest BCUT2D eigenvalue weighted by Crippen LogP contribution is 2.44. The van der Waals surface area contributed by atoms with E-state index in [9.17, 15) is 0 Å². The Morgan fingerprint density at radius 2 is 2.00 bits per heavy atom. The molecule has 0 bridgehead atoms. The summed E-state index contributed by atoms with van der Waals surface area (Å²) in [5.41, 5.74) is 11.7. The van der Waals surface area contributed by atoms with E-state index < -0.39 is 0 Å². The topological polar surface area (TPSA) is 127 Å². The van der Waals surface area contributed by atoms with E-state index in [1.165, 1.54) is 11.9 Å². The number of nitrogens with one attached hydrogen (secondary N) is 1. The zero-order valence-corrected chi connectivity index (χ0v) is 20.9. The predicted molar refractivity (Wildman–Crippen MR) is 137 cm³/mol. The van der Waals surface area contributed by atoms with Crippen LogP contribution >= 0.6 is 11.3 Å². The number of nitrogens with two attached hydrogens (primary N) is 1. The number of nitrogens with zero attached hydrogens (tertiary/aromatic N) is 4. The van der Waals surface area contributed by atoms with E-state index in [4.69, 9.17) is 25.1 Å². The van der Waals surface area contributed by atoms with Gasteiger partial charge in [-0.15, -0.1) is 11.3 Å². The molecule has 11 heteroatoms. The van der Waals surface area contributed by atoms with Crippen molar-refractivity contribution in [2.75, 3.05) is 46.1 Å². The fraction of sp³-hybridized carbons (Fsp3) is 0.375. The zero-order valence-electron chi connectivity index (χ0n) is 20.1. The van der Waals surface area contributed by atoms with Gasteiger partial charge in [-0.25, -0.2) is 9.50 Å². The molecule has 0 spiro atoms. The Morgan fingerprint density at radius 1 is 1.26 bits per heavy atom. The Bertz CT molecular complexity index is 1330. The third-order valence-electron chi connectivity index (χ3n) is 6.03. The number of nitrogen functional groups attached to an aromatic ring is 1. The number of rotatable bonds is 6. The van der Waals surface area contributed by atoms with E-state index in [-0.39, 0.29) is 6.47 Å². The summed E-state index contributed by atoms with van der Waals surface area (Å²) >= 11 is 1.70. The summed E-state index contributed by atoms with van der Waals surface area (Å²) in [5, 5.41) is 16.1. The average molecular weight is 499 g/mol. The quantitative estimate of drug-likeness (QED) is 0.344. The van der Waals surface area contributed by atoms with Crippen LogP contribution in [0.2, 0.25) is 0 Å². The zero-order chi connectivity index (χ0) is 24.9. The minimum atomic E-state index is -0.250. The van der Waals surface area contributed by atoms with E-state index in [1.54, 1.807) is 25.6 Å². The summed E-state index contributed by atoms with van der Waals surface area (Å²) in [6, 6.07) is 6.47. The lowest BCUT2D eigenvalue weighted by atomic mass is 10.1. The summed E-state index contributed by atoms with van der Waals surface area (Å²) in [5.74, 6) is 1.36. The standard InChI is InChI=1S/C23H28N6O2S.CH2O2/c1-14-8-15-10-19(32-22(15)18(9-14)31-3)20-16(12-30-2)17(11-28-6-4-25-5-7-28)29-21(20)23(24)26-13-27-29;2-1-3/h8-10,13,25H,4-7,11-12H2,1-3H3,(H2,24,26,27);1H,(H,2,3). The van der Waals surface area contributed by atoms with E-state index in [1.807, 2.05) is 4.52 Å². The van der Waals surface area contributed by atoms with Gasteiger partial charge < -0.3 is 25.6 Å². The predicted octanol–water partition coefficient (Wildman–Crippen LogP) is 2.76. The molecule has 1 fully saturated rings. The van der Waals surface area contributed by atoms with Crippen LogP contribution in [-0.4, -0.2) is 71.5 Å². The molecular formula is C24H30N6O4S. The molecule has 4 N–H and O–H groups in total. The number of hydrogen-bond donors (Lipinski definition) is 3. The van der Waals surface area contributed by atoms with Gasteiger partial charge in [0.05, 0.1) is 24.1 Å². The minimum absolute atomic E-state index is 0.250. The summed E-state index contributed by atoms with van der Waals surface area (Å²) < 4.78 is 14.4. The third kappa shape index (κ3) is 4.94. The van der Waals surface area contributed by atoms with Crippen molar-refractivity contribution in [1.29, 1.82) is 0 Å². The summed E-state index contributed by atoms with van der Waals surface area (Å²) in [6.45, 7) is 7.06. The highest BCUT2D eigenvalue weighted by molar-refractivity contribution is 7.22. The van der Waals surface area contributed by atoms with Crippen LogP contribution in [0.4, 0.5) is 5.82 Å². The number of ether oxygens (including phenoxy) is 2. The Morgan fingerprint density at radius 3 is 2.69 bits per heavy atom. The van der Waals surface area contributed by atoms with Gasteiger partial charge in [0, 0.05) is 55.8 Å². The van der Waals surface area contributed by atoms with E-state index in [0.29, 0.717) is 12.4 Å². The van der Waals surface area contributed by atoms with Crippen molar-refractivity contribution in [2.24, 2.45) is 0 Å². The number of thiophene rings is 1. The normalized spacial score (nSPS) is 14.1. The van der Waals surface area contributed by atoms with Crippen LogP contribution in [0.5, 0.6) is 5.75 Å². The second-order valence-electron chi connectivity index (χ2n) is 8.27. The maximum absolute atomic E-state index is 8.36. The molecule has 0 aliphatic carbocycles. The molecule has 0 unspecified atom stereocenters. The first-order chi connectivity index (χ1) is 17.0. The van der Waals surface area contributed by atoms with Crippen LogP contribution in [0.15, 0.2) is 24.5 Å². The number of aryl methyl sites for hydroxylation is 1. The molecule has 1 saturated heterocycles. The molecule has 35 heavy (non-hydrogen) atoms. The first kappa shape index (κ1) is 24.9. The third-order valence-corrected chi connectivity index (χ3v) is 7.21. The van der Waals surface area contributed by atoms with Crippen LogP contribution in [0.25, 0.3) is 26.0 Å². The van der Waals surface area contributed by atoms with Gasteiger partial charge in [-0.05, 0) is 30.0 Å². The molecule has 0 radical (unpaired) electrons. The number of methoxy groups -OCH3 is 2. The van der Waals surface area contributed by atoms with E-state index in [2.05, 4.69) is 45.4 Å². The summed E-state index contributed by atoms with van der Waals surface area (Å²) in [7, 11) is 3.45. The number of carbonyl (C=O) groups is 1. The van der Waals surface area contributed by atoms with E-state index >= 15 is 0 Å². The molecule has 1 aliphatic rings. The highest BCUT2D eigenvalue weighted by atomic mass is 32.1. The summed E-state index contributed by atoms with van der Waals surface area (Å²) in [4.78, 5) is 16.2. The molecule has 0 atom stereocenters. The van der Waals surface area contributed by atoms with Gasteiger partial charge in [0.1, 0.15) is 17.6 Å². The fourth-order valence-electron chi connectivity index (χ4n) is 4.57. The second kappa shape index (κ2) is 11.0. The lowest BCUT2D eigenvalue weighted by Gasteiger charge is -2.27. The maximum Gasteiger partial charge on any atom is 0.290 e. The lowest BCUT2D eigenvalue weighted by molar-refractivity contribution is -0.122. The van der Waals surface area contributed by atoms with Crippen LogP contribution in [0, 0.1) is 6.92 Å². The lowest BCUT2D eigenvalue weighted by Crippen LogP contribution is -2.43. The number of fused-ring (bicyclic) bond motifs is 2. The van der Waals surface area contributed by atoms with Crippen molar-refractivity contribution in [3.63, 3.8) is 0 Å². The maximum atomic E-state index is 8.36.